The van der Waals surface area contributed by atoms with Crippen LogP contribution in [0.5, 0.6) is 0 Å². The van der Waals surface area contributed by atoms with E-state index < -0.39 is 12.1 Å². The quantitative estimate of drug-likeness (QED) is 0.837. The van der Waals surface area contributed by atoms with E-state index in [4.69, 9.17) is 5.73 Å². The fraction of sp³-hybridized carbons (Fsp3) is 0.500. The monoisotopic (exact) mass is 287 g/mol. The van der Waals surface area contributed by atoms with Gasteiger partial charge in [-0.25, -0.2) is 4.79 Å². The van der Waals surface area contributed by atoms with E-state index in [2.05, 4.69) is 4.74 Å². The average molecular weight is 288 g/mol. The third-order valence-corrected chi connectivity index (χ3v) is 2.94. The number of methoxy groups -OCH3 is 1. The van der Waals surface area contributed by atoms with E-state index >= 15 is 0 Å². The molecule has 3 N–H and O–H groups in total. The number of ether oxygens (including phenoxy) is 1. The number of rotatable bonds is 3. The predicted molar refractivity (Wildman–Crippen MR) is 77.4 cm³/mol. The van der Waals surface area contributed by atoms with E-state index in [0.29, 0.717) is 5.56 Å². The standard InChI is InChI=1S/C14H21NO3.ClH/c1-14(2,3)12(16)11(15)9-5-7-10(8-6-9)13(17)18-4;/h5-8,11-12,16H,15H2,1-4H3;1H/t11-,12-;/m1./s1. The molecule has 0 aromatic heterocycles. The Balaban J connectivity index is 0.00000324. The highest BCUT2D eigenvalue weighted by molar-refractivity contribution is 5.89. The number of hydrogen-bond acceptors (Lipinski definition) is 4. The van der Waals surface area contributed by atoms with Gasteiger partial charge in [-0.05, 0) is 23.1 Å². The number of hydrogen-bond donors (Lipinski definition) is 2. The van der Waals surface area contributed by atoms with Gasteiger partial charge in [0.05, 0.1) is 24.8 Å². The van der Waals surface area contributed by atoms with E-state index in [1.165, 1.54) is 7.11 Å². The van der Waals surface area contributed by atoms with Gasteiger partial charge in [0.15, 0.2) is 0 Å². The fourth-order valence-corrected chi connectivity index (χ4v) is 1.68. The Hall–Kier alpha value is -1.10. The van der Waals surface area contributed by atoms with Crippen LogP contribution in [-0.2, 0) is 4.74 Å². The molecule has 5 heteroatoms. The van der Waals surface area contributed by atoms with Crippen LogP contribution in [0.4, 0.5) is 0 Å². The molecule has 1 aromatic rings. The first kappa shape index (κ1) is 17.9. The zero-order valence-electron chi connectivity index (χ0n) is 11.7. The molecule has 0 saturated carbocycles. The maximum Gasteiger partial charge on any atom is 0.337 e. The molecule has 0 spiro atoms. The molecular weight excluding hydrogens is 266 g/mol. The second-order valence-corrected chi connectivity index (χ2v) is 5.45. The van der Waals surface area contributed by atoms with E-state index in [-0.39, 0.29) is 23.8 Å². The van der Waals surface area contributed by atoms with Gasteiger partial charge in [0.2, 0.25) is 0 Å². The Bertz CT molecular complexity index is 412. The molecule has 0 saturated heterocycles. The summed E-state index contributed by atoms with van der Waals surface area (Å²) in [5.74, 6) is -0.383. The summed E-state index contributed by atoms with van der Waals surface area (Å²) in [6, 6.07) is 6.31. The third-order valence-electron chi connectivity index (χ3n) is 2.94. The molecule has 0 aliphatic heterocycles. The maximum atomic E-state index is 11.3. The molecule has 4 nitrogen and oxygen atoms in total. The molecule has 108 valence electrons. The molecule has 0 unspecified atom stereocenters. The lowest BCUT2D eigenvalue weighted by atomic mass is 9.82. The molecule has 0 radical (unpaired) electrons. The number of carbonyl (C=O) groups is 1. The summed E-state index contributed by atoms with van der Waals surface area (Å²) in [5, 5.41) is 10.1. The number of carbonyl (C=O) groups excluding carboxylic acids is 1. The normalized spacial score (nSPS) is 14.2. The minimum atomic E-state index is -0.651. The van der Waals surface area contributed by atoms with Crippen LogP contribution in [-0.4, -0.2) is 24.3 Å². The molecule has 2 atom stereocenters. The predicted octanol–water partition coefficient (Wildman–Crippen LogP) is 2.30. The van der Waals surface area contributed by atoms with Crippen LogP contribution in [0.15, 0.2) is 24.3 Å². The van der Waals surface area contributed by atoms with Crippen molar-refractivity contribution < 1.29 is 14.6 Å². The first-order chi connectivity index (χ1) is 8.27. The highest BCUT2D eigenvalue weighted by atomic mass is 35.5. The van der Waals surface area contributed by atoms with Crippen molar-refractivity contribution in [3.05, 3.63) is 35.4 Å². The molecular formula is C14H22ClNO3. The summed E-state index contributed by atoms with van der Waals surface area (Å²) in [5.41, 5.74) is 6.99. The maximum absolute atomic E-state index is 11.3. The van der Waals surface area contributed by atoms with Gasteiger partial charge in [-0.1, -0.05) is 32.9 Å². The van der Waals surface area contributed by atoms with Crippen LogP contribution in [0.1, 0.15) is 42.7 Å². The largest absolute Gasteiger partial charge is 0.465 e. The van der Waals surface area contributed by atoms with Gasteiger partial charge in [-0.3, -0.25) is 0 Å². The summed E-state index contributed by atoms with van der Waals surface area (Å²) in [7, 11) is 1.34. The van der Waals surface area contributed by atoms with E-state index in [1.54, 1.807) is 24.3 Å². The molecule has 0 amide bonds. The zero-order chi connectivity index (χ0) is 13.9. The summed E-state index contributed by atoms with van der Waals surface area (Å²) in [6.45, 7) is 5.79. The first-order valence-electron chi connectivity index (χ1n) is 5.89. The molecule has 0 aliphatic rings. The molecule has 1 aromatic carbocycles. The molecule has 0 aliphatic carbocycles. The van der Waals surface area contributed by atoms with Gasteiger partial charge in [-0.2, -0.15) is 0 Å². The van der Waals surface area contributed by atoms with Crippen molar-refractivity contribution in [3.63, 3.8) is 0 Å². The van der Waals surface area contributed by atoms with Crippen molar-refractivity contribution in [2.24, 2.45) is 11.1 Å². The van der Waals surface area contributed by atoms with Crippen LogP contribution in [0.3, 0.4) is 0 Å². The number of nitrogens with two attached hydrogens (primary N) is 1. The second kappa shape index (κ2) is 6.89. The molecule has 19 heavy (non-hydrogen) atoms. The Morgan fingerprint density at radius 3 is 2.11 bits per heavy atom. The highest BCUT2D eigenvalue weighted by Gasteiger charge is 2.29. The van der Waals surface area contributed by atoms with Crippen LogP contribution >= 0.6 is 12.4 Å². The summed E-state index contributed by atoms with van der Waals surface area (Å²) < 4.78 is 4.62. The number of esters is 1. The molecule has 1 rings (SSSR count). The minimum Gasteiger partial charge on any atom is -0.465 e. The third kappa shape index (κ3) is 4.49. The minimum absolute atomic E-state index is 0. The molecule has 0 heterocycles. The Morgan fingerprint density at radius 1 is 1.26 bits per heavy atom. The van der Waals surface area contributed by atoms with Crippen LogP contribution < -0.4 is 5.73 Å². The van der Waals surface area contributed by atoms with Gasteiger partial charge in [0, 0.05) is 0 Å². The Labute approximate surface area is 120 Å². The lowest BCUT2D eigenvalue weighted by Crippen LogP contribution is -2.36. The average Bonchev–Trinajstić information content (AvgIpc) is 2.35. The van der Waals surface area contributed by atoms with Crippen LogP contribution in [0.25, 0.3) is 0 Å². The van der Waals surface area contributed by atoms with Crippen molar-refractivity contribution >= 4 is 18.4 Å². The van der Waals surface area contributed by atoms with E-state index in [0.717, 1.165) is 5.56 Å². The van der Waals surface area contributed by atoms with Gasteiger partial charge < -0.3 is 15.6 Å². The SMILES string of the molecule is COC(=O)c1ccc([C@@H](N)[C@@H](O)C(C)(C)C)cc1.Cl. The zero-order valence-corrected chi connectivity index (χ0v) is 12.5. The van der Waals surface area contributed by atoms with E-state index in [1.807, 2.05) is 20.8 Å². The van der Waals surface area contributed by atoms with Crippen molar-refractivity contribution in [1.29, 1.82) is 0 Å². The number of aliphatic hydroxyl groups excluding tert-OH is 1. The summed E-state index contributed by atoms with van der Waals surface area (Å²) in [4.78, 5) is 11.3. The second-order valence-electron chi connectivity index (χ2n) is 5.45. The van der Waals surface area contributed by atoms with Gasteiger partial charge in [0.25, 0.3) is 0 Å². The fourth-order valence-electron chi connectivity index (χ4n) is 1.68. The van der Waals surface area contributed by atoms with Crippen molar-refractivity contribution in [2.75, 3.05) is 7.11 Å². The van der Waals surface area contributed by atoms with Gasteiger partial charge in [-0.15, -0.1) is 12.4 Å². The van der Waals surface area contributed by atoms with Crippen molar-refractivity contribution in [1.82, 2.24) is 0 Å². The van der Waals surface area contributed by atoms with Crippen molar-refractivity contribution in [2.45, 2.75) is 32.9 Å². The van der Waals surface area contributed by atoms with E-state index in [9.17, 15) is 9.90 Å². The van der Waals surface area contributed by atoms with Gasteiger partial charge in [0.1, 0.15) is 0 Å². The smallest absolute Gasteiger partial charge is 0.337 e. The molecule has 0 fully saturated rings. The number of benzene rings is 1. The molecule has 0 bridgehead atoms. The van der Waals surface area contributed by atoms with Gasteiger partial charge >= 0.3 is 5.97 Å². The lowest BCUT2D eigenvalue weighted by molar-refractivity contribution is 0.0401. The van der Waals surface area contributed by atoms with Crippen molar-refractivity contribution in [3.8, 4) is 0 Å². The number of halogens is 1. The van der Waals surface area contributed by atoms with Crippen LogP contribution in [0, 0.1) is 5.41 Å². The number of aliphatic hydroxyl groups is 1. The Kier molecular flexibility index (Phi) is 6.49. The first-order valence-corrected chi connectivity index (χ1v) is 5.89. The topological polar surface area (TPSA) is 72.5 Å². The summed E-state index contributed by atoms with van der Waals surface area (Å²) >= 11 is 0. The Morgan fingerprint density at radius 2 is 1.74 bits per heavy atom. The summed E-state index contributed by atoms with van der Waals surface area (Å²) in [6.07, 6.45) is -0.651. The lowest BCUT2D eigenvalue weighted by Gasteiger charge is -2.31. The van der Waals surface area contributed by atoms with Crippen LogP contribution in [0.2, 0.25) is 0 Å². The highest BCUT2D eigenvalue weighted by Crippen LogP contribution is 2.28.